The van der Waals surface area contributed by atoms with Gasteiger partial charge in [-0.15, -0.1) is 12.4 Å². The van der Waals surface area contributed by atoms with Crippen LogP contribution >= 0.6 is 12.4 Å². The van der Waals surface area contributed by atoms with Crippen LogP contribution in [0.5, 0.6) is 5.75 Å². The van der Waals surface area contributed by atoms with E-state index < -0.39 is 0 Å². The number of benzene rings is 1. The third-order valence-corrected chi connectivity index (χ3v) is 3.77. The molecule has 1 aliphatic heterocycles. The van der Waals surface area contributed by atoms with Crippen molar-refractivity contribution < 1.29 is 13.9 Å². The topological polar surface area (TPSA) is 54.7 Å². The highest BCUT2D eigenvalue weighted by atomic mass is 35.5. The summed E-state index contributed by atoms with van der Waals surface area (Å²) in [5.74, 6) is 1.68. The van der Waals surface area contributed by atoms with Gasteiger partial charge in [0.05, 0.1) is 12.8 Å². The SMILES string of the molecule is CC(=O)Nc1ccc(OC2CCN(C)Cc3occc32)cc1.Cl. The first-order valence-electron chi connectivity index (χ1n) is 7.41. The van der Waals surface area contributed by atoms with E-state index in [1.54, 1.807) is 6.26 Å². The van der Waals surface area contributed by atoms with Crippen LogP contribution in [-0.4, -0.2) is 24.4 Å². The quantitative estimate of drug-likeness (QED) is 0.930. The lowest BCUT2D eigenvalue weighted by Gasteiger charge is -2.18. The number of ether oxygens (including phenoxy) is 1. The Morgan fingerprint density at radius 1 is 1.30 bits per heavy atom. The van der Waals surface area contributed by atoms with E-state index in [-0.39, 0.29) is 24.4 Å². The number of furan rings is 1. The lowest BCUT2D eigenvalue weighted by Crippen LogP contribution is -2.18. The van der Waals surface area contributed by atoms with E-state index in [0.717, 1.165) is 42.3 Å². The number of hydrogen-bond donors (Lipinski definition) is 1. The van der Waals surface area contributed by atoms with Crippen LogP contribution in [0.25, 0.3) is 0 Å². The minimum absolute atomic E-state index is 0. The molecule has 2 heterocycles. The molecule has 23 heavy (non-hydrogen) atoms. The highest BCUT2D eigenvalue weighted by Crippen LogP contribution is 2.31. The van der Waals surface area contributed by atoms with Crippen LogP contribution < -0.4 is 10.1 Å². The third-order valence-electron chi connectivity index (χ3n) is 3.77. The summed E-state index contributed by atoms with van der Waals surface area (Å²) in [5.41, 5.74) is 1.89. The average Bonchev–Trinajstić information content (AvgIpc) is 2.87. The second-order valence-corrected chi connectivity index (χ2v) is 5.64. The van der Waals surface area contributed by atoms with Crippen LogP contribution in [0.2, 0.25) is 0 Å². The molecule has 1 amide bonds. The van der Waals surface area contributed by atoms with Crippen molar-refractivity contribution in [1.82, 2.24) is 4.90 Å². The minimum Gasteiger partial charge on any atom is -0.486 e. The molecule has 0 radical (unpaired) electrons. The predicted molar refractivity (Wildman–Crippen MR) is 91.0 cm³/mol. The van der Waals surface area contributed by atoms with Gasteiger partial charge >= 0.3 is 0 Å². The van der Waals surface area contributed by atoms with Crippen molar-refractivity contribution in [3.05, 3.63) is 47.9 Å². The van der Waals surface area contributed by atoms with Gasteiger partial charge in [-0.3, -0.25) is 9.69 Å². The molecule has 0 saturated carbocycles. The Balaban J connectivity index is 0.00000192. The zero-order valence-corrected chi connectivity index (χ0v) is 14.1. The Labute approximate surface area is 142 Å². The molecule has 0 saturated heterocycles. The van der Waals surface area contributed by atoms with E-state index in [1.165, 1.54) is 6.92 Å². The van der Waals surface area contributed by atoms with Crippen LogP contribution in [0.3, 0.4) is 0 Å². The molecule has 2 aromatic rings. The van der Waals surface area contributed by atoms with Gasteiger partial charge < -0.3 is 14.5 Å². The number of nitrogens with zero attached hydrogens (tertiary/aromatic N) is 1. The van der Waals surface area contributed by atoms with Crippen molar-refractivity contribution in [2.45, 2.75) is 26.0 Å². The van der Waals surface area contributed by atoms with Crippen LogP contribution in [-0.2, 0) is 11.3 Å². The normalized spacial score (nSPS) is 17.6. The molecule has 0 spiro atoms. The molecule has 5 nitrogen and oxygen atoms in total. The number of amides is 1. The molecule has 0 fully saturated rings. The lowest BCUT2D eigenvalue weighted by molar-refractivity contribution is -0.114. The van der Waals surface area contributed by atoms with E-state index >= 15 is 0 Å². The van der Waals surface area contributed by atoms with Crippen molar-refractivity contribution in [1.29, 1.82) is 0 Å². The highest BCUT2D eigenvalue weighted by Gasteiger charge is 2.24. The maximum atomic E-state index is 11.0. The fraction of sp³-hybridized carbons (Fsp3) is 0.353. The summed E-state index contributed by atoms with van der Waals surface area (Å²) in [5, 5.41) is 2.75. The molecule has 1 N–H and O–H groups in total. The zero-order valence-electron chi connectivity index (χ0n) is 13.2. The second-order valence-electron chi connectivity index (χ2n) is 5.64. The zero-order chi connectivity index (χ0) is 15.5. The van der Waals surface area contributed by atoms with Gasteiger partial charge in [0.15, 0.2) is 0 Å². The summed E-state index contributed by atoms with van der Waals surface area (Å²) < 4.78 is 11.7. The van der Waals surface area contributed by atoms with Crippen LogP contribution in [0, 0.1) is 0 Å². The van der Waals surface area contributed by atoms with Gasteiger partial charge in [-0.25, -0.2) is 0 Å². The first-order chi connectivity index (χ1) is 10.6. The van der Waals surface area contributed by atoms with Gasteiger partial charge in [-0.2, -0.15) is 0 Å². The summed E-state index contributed by atoms with van der Waals surface area (Å²) >= 11 is 0. The number of halogens is 1. The number of rotatable bonds is 3. The third kappa shape index (κ3) is 4.27. The Bertz CT molecular complexity index is 654. The van der Waals surface area contributed by atoms with Crippen molar-refractivity contribution in [2.75, 3.05) is 18.9 Å². The van der Waals surface area contributed by atoms with E-state index in [9.17, 15) is 4.79 Å². The molecule has 1 aromatic carbocycles. The molecule has 3 rings (SSSR count). The maximum absolute atomic E-state index is 11.0. The minimum atomic E-state index is -0.0801. The molecule has 6 heteroatoms. The van der Waals surface area contributed by atoms with Crippen molar-refractivity contribution in [3.8, 4) is 5.75 Å². The van der Waals surface area contributed by atoms with Gasteiger partial charge in [0.25, 0.3) is 0 Å². The maximum Gasteiger partial charge on any atom is 0.221 e. The molecular formula is C17H21ClN2O3. The number of hydrogen-bond acceptors (Lipinski definition) is 4. The molecule has 124 valence electrons. The molecule has 1 unspecified atom stereocenters. The number of carbonyl (C=O) groups is 1. The highest BCUT2D eigenvalue weighted by molar-refractivity contribution is 5.88. The first kappa shape index (κ1) is 17.4. The fourth-order valence-electron chi connectivity index (χ4n) is 2.69. The molecule has 0 aliphatic carbocycles. The standard InChI is InChI=1S/C17H20N2O3.ClH/c1-12(20)18-13-3-5-14(6-4-13)22-16-7-9-19(2)11-17-15(16)8-10-21-17;/h3-6,8,10,16H,7,9,11H2,1-2H3,(H,18,20);1H. The number of nitrogens with one attached hydrogen (secondary N) is 1. The molecular weight excluding hydrogens is 316 g/mol. The number of carbonyl (C=O) groups excluding carboxylic acids is 1. The summed E-state index contributed by atoms with van der Waals surface area (Å²) in [6, 6.07) is 9.43. The van der Waals surface area contributed by atoms with Crippen LogP contribution in [0.1, 0.15) is 30.8 Å². The monoisotopic (exact) mass is 336 g/mol. The smallest absolute Gasteiger partial charge is 0.221 e. The van der Waals surface area contributed by atoms with Crippen molar-refractivity contribution in [2.24, 2.45) is 0 Å². The van der Waals surface area contributed by atoms with Gasteiger partial charge in [0.1, 0.15) is 17.6 Å². The average molecular weight is 337 g/mol. The van der Waals surface area contributed by atoms with Gasteiger partial charge in [-0.05, 0) is 37.4 Å². The molecule has 0 bridgehead atoms. The molecule has 1 aliphatic rings. The molecule has 1 atom stereocenters. The van der Waals surface area contributed by atoms with E-state index in [0.29, 0.717) is 0 Å². The second kappa shape index (κ2) is 7.53. The Morgan fingerprint density at radius 2 is 2.04 bits per heavy atom. The lowest BCUT2D eigenvalue weighted by atomic mass is 10.1. The summed E-state index contributed by atoms with van der Waals surface area (Å²) in [4.78, 5) is 13.3. The summed E-state index contributed by atoms with van der Waals surface area (Å²) in [6.07, 6.45) is 2.63. The van der Waals surface area contributed by atoms with Gasteiger partial charge in [0.2, 0.25) is 5.91 Å². The Kier molecular flexibility index (Phi) is 5.69. The van der Waals surface area contributed by atoms with E-state index in [2.05, 4.69) is 17.3 Å². The summed E-state index contributed by atoms with van der Waals surface area (Å²) in [6.45, 7) is 3.26. The fourth-order valence-corrected chi connectivity index (χ4v) is 2.69. The van der Waals surface area contributed by atoms with Gasteiger partial charge in [0, 0.05) is 31.1 Å². The van der Waals surface area contributed by atoms with Gasteiger partial charge in [-0.1, -0.05) is 0 Å². The first-order valence-corrected chi connectivity index (χ1v) is 7.41. The van der Waals surface area contributed by atoms with Crippen molar-refractivity contribution >= 4 is 24.0 Å². The number of anilines is 1. The van der Waals surface area contributed by atoms with Crippen molar-refractivity contribution in [3.63, 3.8) is 0 Å². The number of fused-ring (bicyclic) bond motifs is 1. The van der Waals surface area contributed by atoms with E-state index in [1.807, 2.05) is 30.3 Å². The largest absolute Gasteiger partial charge is 0.486 e. The Hall–Kier alpha value is -1.98. The van der Waals surface area contributed by atoms with Crippen LogP contribution in [0.15, 0.2) is 41.0 Å². The summed E-state index contributed by atoms with van der Waals surface area (Å²) in [7, 11) is 2.08. The Morgan fingerprint density at radius 3 is 2.74 bits per heavy atom. The van der Waals surface area contributed by atoms with E-state index in [4.69, 9.17) is 9.15 Å². The molecule has 1 aromatic heterocycles. The predicted octanol–water partition coefficient (Wildman–Crippen LogP) is 3.62. The van der Waals surface area contributed by atoms with Crippen LogP contribution in [0.4, 0.5) is 5.69 Å².